The zero-order valence-corrected chi connectivity index (χ0v) is 13.6. The second-order valence-corrected chi connectivity index (χ2v) is 7.35. The number of sulfone groups is 1. The van der Waals surface area contributed by atoms with Gasteiger partial charge in [0, 0.05) is 18.3 Å². The third kappa shape index (κ3) is 5.04. The van der Waals surface area contributed by atoms with Crippen LogP contribution in [0.3, 0.4) is 0 Å². The van der Waals surface area contributed by atoms with Gasteiger partial charge in [0.25, 0.3) is 0 Å². The van der Waals surface area contributed by atoms with Gasteiger partial charge in [-0.2, -0.15) is 0 Å². The Labute approximate surface area is 126 Å². The van der Waals surface area contributed by atoms with Crippen LogP contribution in [-0.4, -0.2) is 37.8 Å². The minimum Gasteiger partial charge on any atom is -0.481 e. The molecule has 0 aromatic heterocycles. The molecule has 0 saturated carbocycles. The van der Waals surface area contributed by atoms with Gasteiger partial charge in [-0.1, -0.05) is 6.92 Å². The second-order valence-electron chi connectivity index (χ2n) is 5.24. The lowest BCUT2D eigenvalue weighted by Gasteiger charge is -2.28. The fourth-order valence-corrected chi connectivity index (χ4v) is 3.46. The van der Waals surface area contributed by atoms with E-state index in [-0.39, 0.29) is 18.2 Å². The molecule has 1 aromatic carbocycles. The van der Waals surface area contributed by atoms with Crippen molar-refractivity contribution in [3.63, 3.8) is 0 Å². The Bertz CT molecular complexity index is 564. The van der Waals surface area contributed by atoms with E-state index in [1.165, 1.54) is 0 Å². The monoisotopic (exact) mass is 313 g/mol. The largest absolute Gasteiger partial charge is 0.481 e. The van der Waals surface area contributed by atoms with Crippen LogP contribution < -0.4 is 4.90 Å². The highest BCUT2D eigenvalue weighted by atomic mass is 32.2. The molecule has 1 N–H and O–H groups in total. The molecule has 0 radical (unpaired) electrons. The summed E-state index contributed by atoms with van der Waals surface area (Å²) in [4.78, 5) is 13.0. The zero-order valence-electron chi connectivity index (χ0n) is 12.7. The van der Waals surface area contributed by atoms with E-state index in [4.69, 9.17) is 5.11 Å². The molecule has 0 atom stereocenters. The van der Waals surface area contributed by atoms with E-state index in [1.807, 2.05) is 25.7 Å². The number of hydrogen-bond acceptors (Lipinski definition) is 4. The van der Waals surface area contributed by atoms with Crippen LogP contribution in [-0.2, 0) is 14.6 Å². The number of carbonyl (C=O) groups is 1. The second kappa shape index (κ2) is 7.45. The minimum absolute atomic E-state index is 0.0497. The van der Waals surface area contributed by atoms with Crippen molar-refractivity contribution in [2.24, 2.45) is 0 Å². The van der Waals surface area contributed by atoms with Crippen molar-refractivity contribution in [3.05, 3.63) is 24.3 Å². The number of rotatable bonds is 8. The summed E-state index contributed by atoms with van der Waals surface area (Å²) >= 11 is 0. The Morgan fingerprint density at radius 2 is 1.81 bits per heavy atom. The molecule has 0 aliphatic heterocycles. The molecule has 0 saturated heterocycles. The third-order valence-electron chi connectivity index (χ3n) is 3.19. The van der Waals surface area contributed by atoms with Gasteiger partial charge in [0.05, 0.1) is 17.1 Å². The molecule has 118 valence electrons. The van der Waals surface area contributed by atoms with E-state index in [9.17, 15) is 13.2 Å². The van der Waals surface area contributed by atoms with Gasteiger partial charge in [-0.15, -0.1) is 0 Å². The third-order valence-corrected chi connectivity index (χ3v) is 5.13. The summed E-state index contributed by atoms with van der Waals surface area (Å²) in [7, 11) is -3.21. The number of anilines is 1. The zero-order chi connectivity index (χ0) is 16.0. The van der Waals surface area contributed by atoms with Gasteiger partial charge in [0.15, 0.2) is 9.84 Å². The molecule has 0 heterocycles. The SMILES string of the molecule is CCCS(=O)(=O)c1ccc(N(CCC(=O)O)C(C)C)cc1. The molecule has 21 heavy (non-hydrogen) atoms. The first-order valence-corrected chi connectivity index (χ1v) is 8.74. The molecule has 0 amide bonds. The smallest absolute Gasteiger partial charge is 0.305 e. The summed E-state index contributed by atoms with van der Waals surface area (Å²) in [6, 6.07) is 6.81. The molecule has 1 rings (SSSR count). The highest BCUT2D eigenvalue weighted by Crippen LogP contribution is 2.21. The molecule has 0 spiro atoms. The Kier molecular flexibility index (Phi) is 6.20. The molecule has 6 heteroatoms. The maximum absolute atomic E-state index is 12.0. The van der Waals surface area contributed by atoms with Crippen LogP contribution in [0.2, 0.25) is 0 Å². The molecule has 0 aliphatic rings. The Morgan fingerprint density at radius 1 is 1.24 bits per heavy atom. The molecule has 1 aromatic rings. The van der Waals surface area contributed by atoms with E-state index in [2.05, 4.69) is 0 Å². The van der Waals surface area contributed by atoms with Crippen molar-refractivity contribution in [2.75, 3.05) is 17.2 Å². The van der Waals surface area contributed by atoms with Crippen LogP contribution in [0.15, 0.2) is 29.2 Å². The van der Waals surface area contributed by atoms with Gasteiger partial charge < -0.3 is 10.0 Å². The van der Waals surface area contributed by atoms with E-state index >= 15 is 0 Å². The normalized spacial score (nSPS) is 11.6. The fraction of sp³-hybridized carbons (Fsp3) is 0.533. The average molecular weight is 313 g/mol. The van der Waals surface area contributed by atoms with Crippen molar-refractivity contribution in [1.82, 2.24) is 0 Å². The summed E-state index contributed by atoms with van der Waals surface area (Å²) < 4.78 is 23.9. The standard InChI is InChI=1S/C15H23NO4S/c1-4-11-21(19,20)14-7-5-13(6-8-14)16(12(2)3)10-9-15(17)18/h5-8,12H,4,9-11H2,1-3H3,(H,17,18). The highest BCUT2D eigenvalue weighted by Gasteiger charge is 2.16. The fourth-order valence-electron chi connectivity index (χ4n) is 2.13. The molecule has 0 fully saturated rings. The lowest BCUT2D eigenvalue weighted by molar-refractivity contribution is -0.136. The van der Waals surface area contributed by atoms with Crippen molar-refractivity contribution >= 4 is 21.5 Å². The van der Waals surface area contributed by atoms with E-state index in [0.29, 0.717) is 17.9 Å². The van der Waals surface area contributed by atoms with Crippen molar-refractivity contribution in [3.8, 4) is 0 Å². The lowest BCUT2D eigenvalue weighted by atomic mass is 10.2. The Hall–Kier alpha value is -1.56. The van der Waals surface area contributed by atoms with Crippen LogP contribution in [0.1, 0.15) is 33.6 Å². The number of benzene rings is 1. The quantitative estimate of drug-likeness (QED) is 0.798. The Morgan fingerprint density at radius 3 is 2.24 bits per heavy atom. The van der Waals surface area contributed by atoms with Crippen molar-refractivity contribution in [1.29, 1.82) is 0 Å². The first-order chi connectivity index (χ1) is 9.77. The molecule has 0 aliphatic carbocycles. The topological polar surface area (TPSA) is 74.7 Å². The number of nitrogens with zero attached hydrogens (tertiary/aromatic N) is 1. The van der Waals surface area contributed by atoms with Gasteiger partial charge in [-0.3, -0.25) is 4.79 Å². The number of hydrogen-bond donors (Lipinski definition) is 1. The van der Waals surface area contributed by atoms with Gasteiger partial charge >= 0.3 is 5.97 Å². The van der Waals surface area contributed by atoms with Crippen LogP contribution in [0.5, 0.6) is 0 Å². The van der Waals surface area contributed by atoms with Gasteiger partial charge in [-0.05, 0) is 44.5 Å². The number of aliphatic carboxylic acids is 1. The maximum Gasteiger partial charge on any atom is 0.305 e. The van der Waals surface area contributed by atoms with Crippen molar-refractivity contribution in [2.45, 2.75) is 44.6 Å². The van der Waals surface area contributed by atoms with Crippen LogP contribution >= 0.6 is 0 Å². The predicted molar refractivity (Wildman–Crippen MR) is 83.5 cm³/mol. The summed E-state index contributed by atoms with van der Waals surface area (Å²) in [5.74, 6) is -0.706. The predicted octanol–water partition coefficient (Wildman–Crippen LogP) is 2.56. The van der Waals surface area contributed by atoms with E-state index in [0.717, 1.165) is 5.69 Å². The number of carboxylic acids is 1. The molecular formula is C15H23NO4S. The molecule has 5 nitrogen and oxygen atoms in total. The van der Waals surface area contributed by atoms with E-state index in [1.54, 1.807) is 24.3 Å². The minimum atomic E-state index is -3.21. The van der Waals surface area contributed by atoms with Crippen molar-refractivity contribution < 1.29 is 18.3 Å². The average Bonchev–Trinajstić information content (AvgIpc) is 2.38. The maximum atomic E-state index is 12.0. The first-order valence-electron chi connectivity index (χ1n) is 7.09. The van der Waals surface area contributed by atoms with Gasteiger partial charge in [0.1, 0.15) is 0 Å². The number of carboxylic acid groups (broad SMARTS) is 1. The summed E-state index contributed by atoms with van der Waals surface area (Å²) in [6.45, 7) is 6.18. The first kappa shape index (κ1) is 17.5. The highest BCUT2D eigenvalue weighted by molar-refractivity contribution is 7.91. The van der Waals surface area contributed by atoms with Crippen LogP contribution in [0, 0.1) is 0 Å². The lowest BCUT2D eigenvalue weighted by Crippen LogP contribution is -2.32. The molecule has 0 bridgehead atoms. The summed E-state index contributed by atoms with van der Waals surface area (Å²) in [5.41, 5.74) is 0.835. The molecule has 0 unspecified atom stereocenters. The van der Waals surface area contributed by atoms with Crippen LogP contribution in [0.4, 0.5) is 5.69 Å². The van der Waals surface area contributed by atoms with Gasteiger partial charge in [0.2, 0.25) is 0 Å². The Balaban J connectivity index is 2.95. The van der Waals surface area contributed by atoms with Crippen LogP contribution in [0.25, 0.3) is 0 Å². The summed E-state index contributed by atoms with van der Waals surface area (Å²) in [5, 5.41) is 8.79. The van der Waals surface area contributed by atoms with E-state index < -0.39 is 15.8 Å². The van der Waals surface area contributed by atoms with Gasteiger partial charge in [-0.25, -0.2) is 8.42 Å². The molecular weight excluding hydrogens is 290 g/mol. The summed E-state index contributed by atoms with van der Waals surface area (Å²) in [6.07, 6.45) is 0.634.